The molecule has 0 unspecified atom stereocenters. The lowest BCUT2D eigenvalue weighted by Gasteiger charge is -1.95. The fourth-order valence-electron chi connectivity index (χ4n) is 1.96. The van der Waals surface area contributed by atoms with Crippen LogP contribution in [-0.2, 0) is 5.75 Å². The van der Waals surface area contributed by atoms with Crippen LogP contribution in [0.2, 0.25) is 0 Å². The smallest absolute Gasteiger partial charge is 0.301 e. The van der Waals surface area contributed by atoms with Gasteiger partial charge in [0, 0.05) is 5.56 Å². The third-order valence-electron chi connectivity index (χ3n) is 2.92. The molecule has 2 heterocycles. The van der Waals surface area contributed by atoms with E-state index in [1.165, 1.54) is 11.8 Å². The Hall–Kier alpha value is -2.25. The highest BCUT2D eigenvalue weighted by Crippen LogP contribution is 2.27. The largest absolute Gasteiger partial charge is 0.455 e. The Kier molecular flexibility index (Phi) is 3.68. The molecule has 0 spiro atoms. The number of hydrogen-bond donors (Lipinski definition) is 2. The van der Waals surface area contributed by atoms with E-state index in [9.17, 15) is 4.79 Å². The standard InChI is InChI=1S/C14H13N3O3S/c1-8-6-9(19-12(8)13(18)17-15)7-21-14-16-10-4-2-3-5-11(10)20-14/h2-6H,7,15H2,1H3,(H,17,18). The van der Waals surface area contributed by atoms with Crippen molar-refractivity contribution < 1.29 is 13.6 Å². The van der Waals surface area contributed by atoms with Gasteiger partial charge in [0.15, 0.2) is 11.3 Å². The first-order chi connectivity index (χ1) is 10.2. The molecule has 0 saturated heterocycles. The van der Waals surface area contributed by atoms with Gasteiger partial charge >= 0.3 is 5.91 Å². The van der Waals surface area contributed by atoms with E-state index in [2.05, 4.69) is 10.4 Å². The van der Waals surface area contributed by atoms with E-state index in [4.69, 9.17) is 14.7 Å². The topological polar surface area (TPSA) is 94.3 Å². The second kappa shape index (κ2) is 5.63. The van der Waals surface area contributed by atoms with Gasteiger partial charge in [0.1, 0.15) is 11.3 Å². The minimum Gasteiger partial charge on any atom is -0.455 e. The number of nitrogens with two attached hydrogens (primary N) is 1. The molecule has 7 heteroatoms. The number of rotatable bonds is 4. The van der Waals surface area contributed by atoms with Crippen LogP contribution < -0.4 is 11.3 Å². The fraction of sp³-hybridized carbons (Fsp3) is 0.143. The summed E-state index contributed by atoms with van der Waals surface area (Å²) in [6, 6.07) is 9.37. The number of amides is 1. The van der Waals surface area contributed by atoms with Crippen molar-refractivity contribution >= 4 is 28.8 Å². The third-order valence-corrected chi connectivity index (χ3v) is 3.77. The minimum atomic E-state index is -0.439. The van der Waals surface area contributed by atoms with Crippen LogP contribution >= 0.6 is 11.8 Å². The molecule has 0 fully saturated rings. The number of nitrogens with one attached hydrogen (secondary N) is 1. The highest BCUT2D eigenvalue weighted by molar-refractivity contribution is 7.98. The molecule has 3 aromatic rings. The number of para-hydroxylation sites is 2. The predicted octanol–water partition coefficient (Wildman–Crippen LogP) is 2.63. The van der Waals surface area contributed by atoms with E-state index < -0.39 is 5.91 Å². The van der Waals surface area contributed by atoms with Gasteiger partial charge in [0.25, 0.3) is 5.22 Å². The molecule has 0 atom stereocenters. The Labute approximate surface area is 124 Å². The van der Waals surface area contributed by atoms with Gasteiger partial charge in [-0.2, -0.15) is 0 Å². The Morgan fingerprint density at radius 2 is 2.19 bits per heavy atom. The summed E-state index contributed by atoms with van der Waals surface area (Å²) in [6.45, 7) is 1.79. The first-order valence-corrected chi connectivity index (χ1v) is 7.24. The molecule has 1 amide bonds. The lowest BCUT2D eigenvalue weighted by atomic mass is 10.2. The minimum absolute atomic E-state index is 0.227. The van der Waals surface area contributed by atoms with Crippen molar-refractivity contribution in [2.75, 3.05) is 0 Å². The second-order valence-corrected chi connectivity index (χ2v) is 5.36. The number of hydrogen-bond acceptors (Lipinski definition) is 6. The number of aromatic nitrogens is 1. The first-order valence-electron chi connectivity index (χ1n) is 6.26. The summed E-state index contributed by atoms with van der Waals surface area (Å²) in [7, 11) is 0. The van der Waals surface area contributed by atoms with E-state index in [-0.39, 0.29) is 5.76 Å². The number of carbonyl (C=O) groups excluding carboxylic acids is 1. The molecule has 3 rings (SSSR count). The van der Waals surface area contributed by atoms with Crippen LogP contribution in [0.4, 0.5) is 0 Å². The van der Waals surface area contributed by atoms with Gasteiger partial charge in [0.2, 0.25) is 0 Å². The Morgan fingerprint density at radius 3 is 2.95 bits per heavy atom. The van der Waals surface area contributed by atoms with Crippen LogP contribution in [0.1, 0.15) is 21.9 Å². The van der Waals surface area contributed by atoms with Gasteiger partial charge in [-0.25, -0.2) is 10.8 Å². The summed E-state index contributed by atoms with van der Waals surface area (Å²) >= 11 is 1.41. The summed E-state index contributed by atoms with van der Waals surface area (Å²) < 4.78 is 11.1. The third kappa shape index (κ3) is 2.79. The van der Waals surface area contributed by atoms with Crippen molar-refractivity contribution in [3.63, 3.8) is 0 Å². The van der Waals surface area contributed by atoms with E-state index in [0.29, 0.717) is 16.7 Å². The van der Waals surface area contributed by atoms with Crippen molar-refractivity contribution in [2.24, 2.45) is 5.84 Å². The maximum absolute atomic E-state index is 11.5. The number of furan rings is 1. The number of oxazole rings is 1. The quantitative estimate of drug-likeness (QED) is 0.333. The van der Waals surface area contributed by atoms with E-state index in [0.717, 1.165) is 16.7 Å². The summed E-state index contributed by atoms with van der Waals surface area (Å²) in [4.78, 5) is 15.8. The maximum atomic E-state index is 11.5. The molecule has 21 heavy (non-hydrogen) atoms. The van der Waals surface area contributed by atoms with Crippen LogP contribution in [0.5, 0.6) is 0 Å². The summed E-state index contributed by atoms with van der Waals surface area (Å²) in [5, 5.41) is 0.565. The van der Waals surface area contributed by atoms with Crippen LogP contribution in [0.3, 0.4) is 0 Å². The van der Waals surface area contributed by atoms with Gasteiger partial charge in [-0.1, -0.05) is 23.9 Å². The predicted molar refractivity (Wildman–Crippen MR) is 78.7 cm³/mol. The zero-order chi connectivity index (χ0) is 14.8. The Bertz CT molecular complexity index is 761. The van der Waals surface area contributed by atoms with Gasteiger partial charge in [-0.05, 0) is 25.1 Å². The van der Waals surface area contributed by atoms with Crippen LogP contribution in [0.25, 0.3) is 11.1 Å². The van der Waals surface area contributed by atoms with Crippen molar-refractivity contribution in [3.8, 4) is 0 Å². The average Bonchev–Trinajstić information content (AvgIpc) is 3.07. The van der Waals surface area contributed by atoms with Crippen molar-refractivity contribution in [1.29, 1.82) is 0 Å². The van der Waals surface area contributed by atoms with E-state index in [1.54, 1.807) is 13.0 Å². The number of thioether (sulfide) groups is 1. The summed E-state index contributed by atoms with van der Waals surface area (Å²) in [5.41, 5.74) is 4.37. The normalized spacial score (nSPS) is 11.0. The second-order valence-electron chi connectivity index (χ2n) is 4.43. The van der Waals surface area contributed by atoms with E-state index in [1.807, 2.05) is 24.3 Å². The van der Waals surface area contributed by atoms with Crippen molar-refractivity contribution in [3.05, 3.63) is 47.4 Å². The zero-order valence-electron chi connectivity index (χ0n) is 11.3. The average molecular weight is 303 g/mol. The number of nitrogens with zero attached hydrogens (tertiary/aromatic N) is 1. The van der Waals surface area contributed by atoms with Gasteiger partial charge in [-0.3, -0.25) is 10.2 Å². The molecular weight excluding hydrogens is 290 g/mol. The molecule has 0 radical (unpaired) electrons. The zero-order valence-corrected chi connectivity index (χ0v) is 12.1. The molecule has 0 aliphatic carbocycles. The highest BCUT2D eigenvalue weighted by Gasteiger charge is 2.15. The van der Waals surface area contributed by atoms with Crippen LogP contribution in [-0.4, -0.2) is 10.9 Å². The lowest BCUT2D eigenvalue weighted by molar-refractivity contribution is 0.0923. The fourth-order valence-corrected chi connectivity index (χ4v) is 2.68. The number of carbonyl (C=O) groups is 1. The summed E-state index contributed by atoms with van der Waals surface area (Å²) in [5.74, 6) is 6.07. The van der Waals surface area contributed by atoms with Gasteiger partial charge in [0.05, 0.1) is 5.75 Å². The maximum Gasteiger partial charge on any atom is 0.301 e. The van der Waals surface area contributed by atoms with Crippen molar-refractivity contribution in [1.82, 2.24) is 10.4 Å². The number of nitrogen functional groups attached to an aromatic ring is 1. The SMILES string of the molecule is Cc1cc(CSc2nc3ccccc3o2)oc1C(=O)NN. The lowest BCUT2D eigenvalue weighted by Crippen LogP contribution is -2.30. The number of hydrazine groups is 1. The summed E-state index contributed by atoms with van der Waals surface area (Å²) in [6.07, 6.45) is 0. The van der Waals surface area contributed by atoms with Crippen LogP contribution in [0.15, 0.2) is 44.4 Å². The van der Waals surface area contributed by atoms with E-state index >= 15 is 0 Å². The van der Waals surface area contributed by atoms with Crippen molar-refractivity contribution in [2.45, 2.75) is 17.9 Å². The molecular formula is C14H13N3O3S. The molecule has 3 N–H and O–H groups in total. The molecule has 2 aromatic heterocycles. The monoisotopic (exact) mass is 303 g/mol. The first kappa shape index (κ1) is 13.7. The van der Waals surface area contributed by atoms with Gasteiger partial charge in [-0.15, -0.1) is 0 Å². The van der Waals surface area contributed by atoms with Gasteiger partial charge < -0.3 is 8.83 Å². The molecule has 0 aliphatic rings. The Morgan fingerprint density at radius 1 is 1.38 bits per heavy atom. The molecule has 108 valence electrons. The number of benzene rings is 1. The highest BCUT2D eigenvalue weighted by atomic mass is 32.2. The molecule has 0 saturated carbocycles. The van der Waals surface area contributed by atoms with Crippen LogP contribution in [0, 0.1) is 6.92 Å². The molecule has 1 aromatic carbocycles. The molecule has 6 nitrogen and oxygen atoms in total. The number of fused-ring (bicyclic) bond motifs is 1. The molecule has 0 aliphatic heterocycles. The Balaban J connectivity index is 1.74. The number of aryl methyl sites for hydroxylation is 1. The molecule has 0 bridgehead atoms.